The largest absolute Gasteiger partial charge is 0.472 e. The molecule has 0 bridgehead atoms. The Bertz CT molecular complexity index is 2490. The van der Waals surface area contributed by atoms with Crippen molar-refractivity contribution in [1.29, 1.82) is 0 Å². The van der Waals surface area contributed by atoms with E-state index in [-0.39, 0.29) is 25.7 Å². The number of carbonyl (C=O) groups is 4. The van der Waals surface area contributed by atoms with Gasteiger partial charge in [0.15, 0.2) is 12.2 Å². The number of phosphoric ester groups is 2. The Morgan fingerprint density at radius 3 is 0.798 bits per heavy atom. The maximum atomic E-state index is 13.1. The van der Waals surface area contributed by atoms with Crippen LogP contribution in [0.2, 0.25) is 0 Å². The molecule has 0 rings (SSSR count). The van der Waals surface area contributed by atoms with E-state index in [2.05, 4.69) is 161 Å². The SMILES string of the molecule is CC/C=C\C/C=C\C/C=C\C/C=C\C/C=C\CCCCCC(=O)OCC(COP(=O)(O)OCC(O)COP(=O)(O)OCC(COC(=O)CCCCCCCC/C=C\C/C=C\C/C=C\C/C=C\CC)OC(=O)CCCCCCC/C=C\C/C=C\CCCCC)OC(=O)CCCCCCCCCCCCC. The molecule has 0 fully saturated rings. The zero-order valence-corrected chi connectivity index (χ0v) is 66.9. The predicted octanol–water partition coefficient (Wildman–Crippen LogP) is 23.7. The van der Waals surface area contributed by atoms with E-state index in [1.54, 1.807) is 0 Å². The topological polar surface area (TPSA) is 237 Å². The average Bonchev–Trinajstić information content (AvgIpc) is 0.931. The Kier molecular flexibility index (Phi) is 72.9. The third kappa shape index (κ3) is 75.4. The number of esters is 4. The van der Waals surface area contributed by atoms with Crippen LogP contribution in [0.15, 0.2) is 134 Å². The molecule has 0 saturated heterocycles. The quantitative estimate of drug-likeness (QED) is 0.0169. The molecule has 0 heterocycles. The van der Waals surface area contributed by atoms with Crippen LogP contribution in [0.25, 0.3) is 0 Å². The molecule has 0 aliphatic carbocycles. The van der Waals surface area contributed by atoms with Gasteiger partial charge in [-0.2, -0.15) is 0 Å². The van der Waals surface area contributed by atoms with Gasteiger partial charge in [0.1, 0.15) is 19.3 Å². The summed E-state index contributed by atoms with van der Waals surface area (Å²) < 4.78 is 68.6. The molecule has 596 valence electrons. The van der Waals surface area contributed by atoms with Gasteiger partial charge >= 0.3 is 39.5 Å². The highest BCUT2D eigenvalue weighted by Crippen LogP contribution is 2.45. The number of unbranched alkanes of at least 4 members (excludes halogenated alkanes) is 27. The monoisotopic (exact) mass is 1500 g/mol. The van der Waals surface area contributed by atoms with Crippen LogP contribution in [0.1, 0.15) is 323 Å². The highest BCUT2D eigenvalue weighted by atomic mass is 31.2. The zero-order valence-electron chi connectivity index (χ0n) is 65.2. The van der Waals surface area contributed by atoms with Crippen LogP contribution in [0.5, 0.6) is 0 Å². The Balaban J connectivity index is 5.37. The number of aliphatic hydroxyl groups is 1. The minimum atomic E-state index is -4.99. The Hall–Kier alpha value is -4.80. The van der Waals surface area contributed by atoms with E-state index >= 15 is 0 Å². The van der Waals surface area contributed by atoms with Gasteiger partial charge in [0.2, 0.25) is 0 Å². The van der Waals surface area contributed by atoms with Gasteiger partial charge in [-0.15, -0.1) is 0 Å². The number of ether oxygens (including phenoxy) is 4. The summed E-state index contributed by atoms with van der Waals surface area (Å²) in [5, 5.41) is 10.6. The van der Waals surface area contributed by atoms with E-state index in [0.717, 1.165) is 186 Å². The van der Waals surface area contributed by atoms with Gasteiger partial charge in [0, 0.05) is 25.7 Å². The summed E-state index contributed by atoms with van der Waals surface area (Å²) in [6, 6.07) is 0. The minimum Gasteiger partial charge on any atom is -0.462 e. The maximum absolute atomic E-state index is 13.1. The number of allylic oxidation sites excluding steroid dienone is 22. The zero-order chi connectivity index (χ0) is 76.0. The number of aliphatic hydroxyl groups excluding tert-OH is 1. The maximum Gasteiger partial charge on any atom is 0.472 e. The van der Waals surface area contributed by atoms with E-state index in [1.807, 2.05) is 0 Å². The number of carbonyl (C=O) groups excluding carboxylic acids is 4. The van der Waals surface area contributed by atoms with Gasteiger partial charge in [0.25, 0.3) is 0 Å². The highest BCUT2D eigenvalue weighted by molar-refractivity contribution is 7.47. The van der Waals surface area contributed by atoms with Crippen LogP contribution in [0, 0.1) is 0 Å². The fourth-order valence-corrected chi connectivity index (χ4v) is 12.1. The molecule has 104 heavy (non-hydrogen) atoms. The third-order valence-electron chi connectivity index (χ3n) is 16.6. The van der Waals surface area contributed by atoms with Crippen molar-refractivity contribution in [3.63, 3.8) is 0 Å². The smallest absolute Gasteiger partial charge is 0.462 e. The molecule has 5 atom stereocenters. The molecule has 3 N–H and O–H groups in total. The van der Waals surface area contributed by atoms with Crippen LogP contribution in [0.3, 0.4) is 0 Å². The van der Waals surface area contributed by atoms with Crippen molar-refractivity contribution in [1.82, 2.24) is 0 Å². The molecule has 5 unspecified atom stereocenters. The first-order valence-electron chi connectivity index (χ1n) is 40.4. The molecule has 0 aromatic rings. The second-order valence-electron chi connectivity index (χ2n) is 26.6. The first kappa shape index (κ1) is 99.2. The molecule has 0 aromatic carbocycles. The van der Waals surface area contributed by atoms with Crippen molar-refractivity contribution in [3.8, 4) is 0 Å². The minimum absolute atomic E-state index is 0.0727. The van der Waals surface area contributed by atoms with Crippen LogP contribution in [-0.2, 0) is 65.4 Å². The van der Waals surface area contributed by atoms with Crippen molar-refractivity contribution in [2.75, 3.05) is 39.6 Å². The van der Waals surface area contributed by atoms with Gasteiger partial charge in [-0.3, -0.25) is 37.3 Å². The Morgan fingerprint density at radius 1 is 0.279 bits per heavy atom. The number of rotatable bonds is 75. The average molecular weight is 1500 g/mol. The van der Waals surface area contributed by atoms with Gasteiger partial charge in [-0.1, -0.05) is 290 Å². The summed E-state index contributed by atoms with van der Waals surface area (Å²) in [4.78, 5) is 73.0. The fourth-order valence-electron chi connectivity index (χ4n) is 10.5. The van der Waals surface area contributed by atoms with Crippen LogP contribution >= 0.6 is 15.6 Å². The third-order valence-corrected chi connectivity index (χ3v) is 18.5. The van der Waals surface area contributed by atoms with E-state index in [1.165, 1.54) is 57.8 Å². The fraction of sp³-hybridized carbons (Fsp3) is 0.694. The standard InChI is InChI=1S/C85H144O17P2/c1-5-9-13-17-21-25-29-32-35-37-39-41-44-46-50-53-57-61-65-69-82(87)95-75-80(101-84(89)71-67-63-59-55-49-28-24-20-16-12-8-4)77-99-103(91,92)97-73-79(86)74-98-104(93,94)100-78-81(102-85(90)72-68-64-60-56-52-48-43-34-31-27-23-19-15-11-7-3)76-96-83(88)70-66-62-58-54-51-47-45-42-40-38-36-33-30-26-22-18-14-10-6-2/h9-10,13-14,21-23,25-27,32-36,39-43,46,50,79-81,86H,5-8,11-12,15-20,24,28-31,37-38,44-45,47-49,51-78H2,1-4H3,(H,91,92)(H,93,94)/b13-9-,14-10-,25-21-,26-22-,27-23-,35-32-,36-33-,41-39-,42-40-,43-34-,50-46-. The van der Waals surface area contributed by atoms with Crippen molar-refractivity contribution in [2.24, 2.45) is 0 Å². The lowest BCUT2D eigenvalue weighted by atomic mass is 10.1. The lowest BCUT2D eigenvalue weighted by molar-refractivity contribution is -0.161. The molecule has 0 aliphatic heterocycles. The van der Waals surface area contributed by atoms with Crippen molar-refractivity contribution in [2.45, 2.75) is 341 Å². The molecular weight excluding hydrogens is 1350 g/mol. The lowest BCUT2D eigenvalue weighted by Gasteiger charge is -2.21. The first-order chi connectivity index (χ1) is 50.7. The number of hydrogen-bond acceptors (Lipinski definition) is 15. The molecule has 0 aromatic heterocycles. The van der Waals surface area contributed by atoms with E-state index < -0.39 is 97.5 Å². The van der Waals surface area contributed by atoms with Crippen LogP contribution < -0.4 is 0 Å². The van der Waals surface area contributed by atoms with E-state index in [9.17, 15) is 43.2 Å². The van der Waals surface area contributed by atoms with Gasteiger partial charge in [-0.05, 0) is 141 Å². The van der Waals surface area contributed by atoms with Crippen LogP contribution in [0.4, 0.5) is 0 Å². The van der Waals surface area contributed by atoms with E-state index in [0.29, 0.717) is 25.7 Å². The predicted molar refractivity (Wildman–Crippen MR) is 427 cm³/mol. The molecule has 17 nitrogen and oxygen atoms in total. The van der Waals surface area contributed by atoms with Gasteiger partial charge in [0.05, 0.1) is 26.4 Å². The summed E-state index contributed by atoms with van der Waals surface area (Å²) in [5.74, 6) is -2.24. The Labute approximate surface area is 631 Å². The number of phosphoric acid groups is 2. The molecule has 0 amide bonds. The summed E-state index contributed by atoms with van der Waals surface area (Å²) >= 11 is 0. The second kappa shape index (κ2) is 76.4. The highest BCUT2D eigenvalue weighted by Gasteiger charge is 2.30. The summed E-state index contributed by atoms with van der Waals surface area (Å²) in [6.07, 6.45) is 85.7. The molecule has 0 radical (unpaired) electrons. The first-order valence-corrected chi connectivity index (χ1v) is 43.4. The second-order valence-corrected chi connectivity index (χ2v) is 29.5. The van der Waals surface area contributed by atoms with Gasteiger partial charge < -0.3 is 33.8 Å². The van der Waals surface area contributed by atoms with E-state index in [4.69, 9.17) is 37.0 Å². The van der Waals surface area contributed by atoms with Crippen LogP contribution in [-0.4, -0.2) is 96.7 Å². The van der Waals surface area contributed by atoms with Crippen molar-refractivity contribution >= 4 is 39.5 Å². The van der Waals surface area contributed by atoms with Gasteiger partial charge in [-0.25, -0.2) is 9.13 Å². The molecule has 0 aliphatic rings. The molecule has 19 heteroatoms. The molecule has 0 saturated carbocycles. The Morgan fingerprint density at radius 2 is 0.500 bits per heavy atom. The molecular formula is C85H144O17P2. The summed E-state index contributed by atoms with van der Waals surface area (Å²) in [7, 11) is -9.97. The van der Waals surface area contributed by atoms with Crippen molar-refractivity contribution < 1.29 is 80.2 Å². The normalized spacial score (nSPS) is 14.6. The molecule has 0 spiro atoms. The summed E-state index contributed by atoms with van der Waals surface area (Å²) in [6.45, 7) is 4.56. The summed E-state index contributed by atoms with van der Waals surface area (Å²) in [5.41, 5.74) is 0. The number of hydrogen-bond donors (Lipinski definition) is 3. The van der Waals surface area contributed by atoms with Crippen molar-refractivity contribution in [3.05, 3.63) is 134 Å². The lowest BCUT2D eigenvalue weighted by Crippen LogP contribution is -2.30.